The molecule has 6 rings (SSSR count). The zero-order valence-corrected chi connectivity index (χ0v) is 21.7. The summed E-state index contributed by atoms with van der Waals surface area (Å²) in [4.78, 5) is 19.1. The number of nitrogens with zero attached hydrogens (tertiary/aromatic N) is 5. The molecule has 1 atom stereocenters. The fourth-order valence-corrected chi connectivity index (χ4v) is 6.49. The average Bonchev–Trinajstić information content (AvgIpc) is 3.38. The number of halogens is 1. The molecule has 1 aliphatic carbocycles. The number of hydrogen-bond acceptors (Lipinski definition) is 6. The molecule has 0 amide bonds. The molecule has 8 nitrogen and oxygen atoms in total. The van der Waals surface area contributed by atoms with Gasteiger partial charge < -0.3 is 9.72 Å². The zero-order chi connectivity index (χ0) is 26.1. The van der Waals surface area contributed by atoms with Crippen LogP contribution in [0, 0.1) is 11.2 Å². The summed E-state index contributed by atoms with van der Waals surface area (Å²) in [6.07, 6.45) is 8.59. The van der Waals surface area contributed by atoms with E-state index in [4.69, 9.17) is 4.74 Å². The van der Waals surface area contributed by atoms with E-state index in [1.807, 2.05) is 24.3 Å². The molecule has 2 aromatic carbocycles. The number of tetrazole rings is 1. The molecule has 0 radical (unpaired) electrons. The topological polar surface area (TPSA) is 88.9 Å². The number of likely N-dealkylation sites (tertiary alicyclic amines) is 1. The first-order chi connectivity index (χ1) is 18.5. The highest BCUT2D eigenvalue weighted by atomic mass is 19.1. The number of piperidine rings is 1. The van der Waals surface area contributed by atoms with Crippen LogP contribution < -0.4 is 10.3 Å². The van der Waals surface area contributed by atoms with E-state index >= 15 is 0 Å². The second-order valence-electron chi connectivity index (χ2n) is 10.9. The van der Waals surface area contributed by atoms with Gasteiger partial charge in [-0.15, -0.1) is 5.10 Å². The van der Waals surface area contributed by atoms with Crippen molar-refractivity contribution in [3.63, 3.8) is 0 Å². The summed E-state index contributed by atoms with van der Waals surface area (Å²) in [5, 5.41) is 13.7. The lowest BCUT2D eigenvalue weighted by atomic mass is 9.69. The number of methoxy groups -OCH3 is 1. The fourth-order valence-electron chi connectivity index (χ4n) is 6.49. The summed E-state index contributed by atoms with van der Waals surface area (Å²) in [6.45, 7) is 2.18. The first kappa shape index (κ1) is 24.7. The van der Waals surface area contributed by atoms with Gasteiger partial charge >= 0.3 is 0 Å². The predicted molar refractivity (Wildman–Crippen MR) is 143 cm³/mol. The summed E-state index contributed by atoms with van der Waals surface area (Å²) < 4.78 is 20.6. The van der Waals surface area contributed by atoms with E-state index < -0.39 is 6.04 Å². The van der Waals surface area contributed by atoms with Crippen molar-refractivity contribution in [1.29, 1.82) is 0 Å². The second kappa shape index (κ2) is 10.3. The smallest absolute Gasteiger partial charge is 0.253 e. The van der Waals surface area contributed by atoms with Gasteiger partial charge in [0.25, 0.3) is 5.56 Å². The van der Waals surface area contributed by atoms with Crippen molar-refractivity contribution in [2.45, 2.75) is 57.5 Å². The number of fused-ring (bicyclic) bond motifs is 1. The molecule has 4 aromatic rings. The molecule has 1 N–H and O–H groups in total. The highest BCUT2D eigenvalue weighted by Gasteiger charge is 2.41. The van der Waals surface area contributed by atoms with Crippen LogP contribution in [0.2, 0.25) is 0 Å². The second-order valence-corrected chi connectivity index (χ2v) is 10.9. The van der Waals surface area contributed by atoms with Gasteiger partial charge in [0, 0.05) is 18.2 Å². The SMILES string of the molecule is COc1ccc2cc(C(c3nnnn3Cc3ccc(F)cc3)N3CCCC4(CCCCC4)C3)c(=O)[nH]c2c1. The van der Waals surface area contributed by atoms with Crippen LogP contribution in [0.15, 0.2) is 53.3 Å². The van der Waals surface area contributed by atoms with Crippen molar-refractivity contribution >= 4 is 10.9 Å². The van der Waals surface area contributed by atoms with Crippen molar-refractivity contribution < 1.29 is 9.13 Å². The number of ether oxygens (including phenoxy) is 1. The van der Waals surface area contributed by atoms with Crippen molar-refractivity contribution in [1.82, 2.24) is 30.1 Å². The quantitative estimate of drug-likeness (QED) is 0.394. The summed E-state index contributed by atoms with van der Waals surface area (Å²) in [5.41, 5.74) is 2.37. The summed E-state index contributed by atoms with van der Waals surface area (Å²) in [6, 6.07) is 13.6. The first-order valence-electron chi connectivity index (χ1n) is 13.5. The molecule has 2 aliphatic rings. The molecule has 3 heterocycles. The van der Waals surface area contributed by atoms with E-state index in [1.165, 1.54) is 50.7 Å². The molecule has 0 bridgehead atoms. The molecule has 1 spiro atoms. The van der Waals surface area contributed by atoms with Crippen molar-refractivity contribution in [3.05, 3.63) is 81.7 Å². The zero-order valence-electron chi connectivity index (χ0n) is 21.7. The Balaban J connectivity index is 1.44. The molecule has 38 heavy (non-hydrogen) atoms. The van der Waals surface area contributed by atoms with E-state index in [0.29, 0.717) is 23.7 Å². The lowest BCUT2D eigenvalue weighted by Crippen LogP contribution is -2.47. The number of nitrogens with one attached hydrogen (secondary N) is 1. The van der Waals surface area contributed by atoms with Gasteiger partial charge in [0.15, 0.2) is 5.82 Å². The Bertz CT molecular complexity index is 1470. The number of aromatic nitrogens is 5. The van der Waals surface area contributed by atoms with Crippen LogP contribution in [-0.4, -0.2) is 50.3 Å². The Kier molecular flexibility index (Phi) is 6.69. The lowest BCUT2D eigenvalue weighted by molar-refractivity contribution is 0.0340. The predicted octanol–water partition coefficient (Wildman–Crippen LogP) is 4.85. The number of hydrogen-bond donors (Lipinski definition) is 1. The van der Waals surface area contributed by atoms with E-state index in [0.717, 1.165) is 36.0 Å². The van der Waals surface area contributed by atoms with Crippen molar-refractivity contribution in [2.24, 2.45) is 5.41 Å². The highest BCUT2D eigenvalue weighted by molar-refractivity contribution is 5.80. The monoisotopic (exact) mass is 516 g/mol. The van der Waals surface area contributed by atoms with E-state index in [-0.39, 0.29) is 16.8 Å². The van der Waals surface area contributed by atoms with Gasteiger partial charge in [-0.1, -0.05) is 31.4 Å². The molecule has 198 valence electrons. The van der Waals surface area contributed by atoms with Crippen LogP contribution in [-0.2, 0) is 6.54 Å². The normalized spacial score (nSPS) is 18.6. The molecule has 1 saturated carbocycles. The van der Waals surface area contributed by atoms with Gasteiger partial charge in [-0.2, -0.15) is 0 Å². The number of H-pyrrole nitrogens is 1. The number of rotatable bonds is 6. The maximum atomic E-state index is 13.6. The minimum absolute atomic E-state index is 0.157. The molecule has 9 heteroatoms. The van der Waals surface area contributed by atoms with Gasteiger partial charge in [-0.25, -0.2) is 9.07 Å². The Morgan fingerprint density at radius 1 is 1.05 bits per heavy atom. The van der Waals surface area contributed by atoms with Gasteiger partial charge in [-0.05, 0) is 89.4 Å². The Morgan fingerprint density at radius 2 is 1.84 bits per heavy atom. The third-order valence-electron chi connectivity index (χ3n) is 8.40. The molecule has 1 aliphatic heterocycles. The maximum Gasteiger partial charge on any atom is 0.253 e. The fraction of sp³-hybridized carbons (Fsp3) is 0.448. The van der Waals surface area contributed by atoms with Gasteiger partial charge in [0.05, 0.1) is 19.2 Å². The number of benzene rings is 2. The minimum Gasteiger partial charge on any atom is -0.497 e. The van der Waals surface area contributed by atoms with Crippen molar-refractivity contribution in [2.75, 3.05) is 20.2 Å². The average molecular weight is 517 g/mol. The molecular formula is C29H33FN6O2. The maximum absolute atomic E-state index is 13.6. The van der Waals surface area contributed by atoms with Crippen LogP contribution in [0.4, 0.5) is 4.39 Å². The third kappa shape index (κ3) is 4.82. The molecule has 2 aromatic heterocycles. The van der Waals surface area contributed by atoms with Crippen LogP contribution in [0.5, 0.6) is 5.75 Å². The lowest BCUT2D eigenvalue weighted by Gasteiger charge is -2.47. The first-order valence-corrected chi connectivity index (χ1v) is 13.5. The summed E-state index contributed by atoms with van der Waals surface area (Å²) in [7, 11) is 1.61. The van der Waals surface area contributed by atoms with Crippen LogP contribution in [0.25, 0.3) is 10.9 Å². The Hall–Kier alpha value is -3.59. The molecular weight excluding hydrogens is 483 g/mol. The van der Waals surface area contributed by atoms with E-state index in [1.54, 1.807) is 23.9 Å². The van der Waals surface area contributed by atoms with Crippen LogP contribution in [0.3, 0.4) is 0 Å². The number of aromatic amines is 1. The van der Waals surface area contributed by atoms with Gasteiger partial charge in [0.1, 0.15) is 17.6 Å². The van der Waals surface area contributed by atoms with Crippen molar-refractivity contribution in [3.8, 4) is 5.75 Å². The summed E-state index contributed by atoms with van der Waals surface area (Å²) >= 11 is 0. The standard InChI is InChI=1S/C29H33FN6O2/c1-38-23-11-8-21-16-24(28(37)31-25(21)17-23)26(35-15-5-14-29(19-35)12-3-2-4-13-29)27-32-33-34-36(27)18-20-6-9-22(30)10-7-20/h6-11,16-17,26H,2-5,12-15,18-19H2,1H3,(H,31,37). The largest absolute Gasteiger partial charge is 0.497 e. The molecule has 1 unspecified atom stereocenters. The van der Waals surface area contributed by atoms with Gasteiger partial charge in [-0.3, -0.25) is 9.69 Å². The Labute approximate surface area is 220 Å². The molecule has 1 saturated heterocycles. The van der Waals surface area contributed by atoms with Crippen LogP contribution in [0.1, 0.15) is 67.9 Å². The minimum atomic E-state index is -0.403. The Morgan fingerprint density at radius 3 is 2.63 bits per heavy atom. The third-order valence-corrected chi connectivity index (χ3v) is 8.40. The van der Waals surface area contributed by atoms with Gasteiger partial charge in [0.2, 0.25) is 0 Å². The molecule has 2 fully saturated rings. The van der Waals surface area contributed by atoms with E-state index in [9.17, 15) is 9.18 Å². The van der Waals surface area contributed by atoms with E-state index in [2.05, 4.69) is 25.4 Å². The van der Waals surface area contributed by atoms with Crippen LogP contribution >= 0.6 is 0 Å². The summed E-state index contributed by atoms with van der Waals surface area (Å²) in [5.74, 6) is 1.03. The number of pyridine rings is 1. The highest BCUT2D eigenvalue weighted by Crippen LogP contribution is 2.45.